The molecule has 0 saturated carbocycles. The average molecular weight is 312 g/mol. The van der Waals surface area contributed by atoms with Gasteiger partial charge in [-0.05, 0) is 19.1 Å². The number of thioether (sulfide) groups is 1. The third kappa shape index (κ3) is 3.21. The van der Waals surface area contributed by atoms with E-state index in [4.69, 9.17) is 9.52 Å². The molecule has 114 valence electrons. The zero-order chi connectivity index (χ0) is 15.6. The number of hydrogen-bond acceptors (Lipinski definition) is 5. The van der Waals surface area contributed by atoms with Gasteiger partial charge in [-0.3, -0.25) is 9.59 Å². The molecule has 0 aromatic carbocycles. The monoisotopic (exact) mass is 312 g/mol. The second kappa shape index (κ2) is 6.21. The van der Waals surface area contributed by atoms with Crippen molar-refractivity contribution in [1.82, 2.24) is 9.80 Å². The molecule has 2 atom stereocenters. The Morgan fingerprint density at radius 3 is 2.81 bits per heavy atom. The van der Waals surface area contributed by atoms with Crippen LogP contribution in [-0.2, 0) is 9.59 Å². The van der Waals surface area contributed by atoms with Gasteiger partial charge in [0.2, 0.25) is 5.91 Å². The first-order valence-corrected chi connectivity index (χ1v) is 7.41. The molecule has 7 nitrogen and oxygen atoms in total. The van der Waals surface area contributed by atoms with Gasteiger partial charge in [0, 0.05) is 12.8 Å². The highest BCUT2D eigenvalue weighted by Crippen LogP contribution is 2.28. The first kappa shape index (κ1) is 15.4. The Morgan fingerprint density at radius 1 is 1.52 bits per heavy atom. The molecule has 2 unspecified atom stereocenters. The Labute approximate surface area is 125 Å². The van der Waals surface area contributed by atoms with Crippen LogP contribution in [0.1, 0.15) is 17.5 Å². The lowest BCUT2D eigenvalue weighted by Crippen LogP contribution is -2.49. The third-order valence-corrected chi connectivity index (χ3v) is 4.46. The summed E-state index contributed by atoms with van der Waals surface area (Å²) in [5, 5.41) is 8.92. The Morgan fingerprint density at radius 2 is 2.24 bits per heavy atom. The summed E-state index contributed by atoms with van der Waals surface area (Å²) < 4.78 is 4.99. The lowest BCUT2D eigenvalue weighted by Gasteiger charge is -2.27. The van der Waals surface area contributed by atoms with E-state index in [2.05, 4.69) is 0 Å². The van der Waals surface area contributed by atoms with Crippen molar-refractivity contribution >= 4 is 29.5 Å². The molecule has 0 spiro atoms. The highest BCUT2D eigenvalue weighted by atomic mass is 32.2. The minimum Gasteiger partial charge on any atom is -0.480 e. The quantitative estimate of drug-likeness (QED) is 0.881. The van der Waals surface area contributed by atoms with E-state index in [-0.39, 0.29) is 23.6 Å². The van der Waals surface area contributed by atoms with Crippen LogP contribution in [0.2, 0.25) is 0 Å². The summed E-state index contributed by atoms with van der Waals surface area (Å²) in [6.45, 7) is 1.59. The maximum atomic E-state index is 12.3. The Bertz CT molecular complexity index is 545. The molecule has 2 heterocycles. The van der Waals surface area contributed by atoms with Crippen molar-refractivity contribution in [3.8, 4) is 0 Å². The van der Waals surface area contributed by atoms with Gasteiger partial charge in [0.1, 0.15) is 6.04 Å². The van der Waals surface area contributed by atoms with Gasteiger partial charge in [0.05, 0.1) is 18.2 Å². The summed E-state index contributed by atoms with van der Waals surface area (Å²) in [5.74, 6) is -1.33. The Kier molecular flexibility index (Phi) is 4.56. The minimum atomic E-state index is -1.03. The van der Waals surface area contributed by atoms with Crippen molar-refractivity contribution in [2.24, 2.45) is 0 Å². The molecule has 21 heavy (non-hydrogen) atoms. The number of furan rings is 1. The van der Waals surface area contributed by atoms with Crippen LogP contribution in [0.15, 0.2) is 22.8 Å². The maximum Gasteiger partial charge on any atom is 0.327 e. The molecule has 2 amide bonds. The standard InChI is InChI=1S/C13H16N2O5S/c1-8-15(9(7-21-8)13(18)19)11(16)6-14(2)12(17)10-4-3-5-20-10/h3-5,8-9H,6-7H2,1-2H3,(H,18,19). The number of rotatable bonds is 4. The SMILES string of the molecule is CC1SCC(C(=O)O)N1C(=O)CN(C)C(=O)c1ccco1. The van der Waals surface area contributed by atoms with Gasteiger partial charge in [-0.2, -0.15) is 0 Å². The topological polar surface area (TPSA) is 91.1 Å². The predicted molar refractivity (Wildman–Crippen MR) is 75.9 cm³/mol. The second-order valence-electron chi connectivity index (χ2n) is 4.73. The van der Waals surface area contributed by atoms with E-state index in [1.807, 2.05) is 0 Å². The van der Waals surface area contributed by atoms with E-state index in [9.17, 15) is 14.4 Å². The van der Waals surface area contributed by atoms with E-state index in [1.165, 1.54) is 40.9 Å². The van der Waals surface area contributed by atoms with Crippen LogP contribution in [0.5, 0.6) is 0 Å². The van der Waals surface area contributed by atoms with Crippen LogP contribution in [0.3, 0.4) is 0 Å². The van der Waals surface area contributed by atoms with Gasteiger partial charge in [-0.15, -0.1) is 11.8 Å². The van der Waals surface area contributed by atoms with E-state index in [0.717, 1.165) is 0 Å². The largest absolute Gasteiger partial charge is 0.480 e. The van der Waals surface area contributed by atoms with Crippen molar-refractivity contribution in [1.29, 1.82) is 0 Å². The van der Waals surface area contributed by atoms with Crippen molar-refractivity contribution in [2.45, 2.75) is 18.3 Å². The highest BCUT2D eigenvalue weighted by Gasteiger charge is 2.39. The molecule has 1 aliphatic heterocycles. The molecule has 1 aromatic heterocycles. The van der Waals surface area contributed by atoms with Crippen molar-refractivity contribution in [2.75, 3.05) is 19.3 Å². The summed E-state index contributed by atoms with van der Waals surface area (Å²) in [4.78, 5) is 38.0. The number of carbonyl (C=O) groups excluding carboxylic acids is 2. The van der Waals surface area contributed by atoms with E-state index >= 15 is 0 Å². The van der Waals surface area contributed by atoms with Gasteiger partial charge in [-0.25, -0.2) is 4.79 Å². The molecule has 0 bridgehead atoms. The fourth-order valence-electron chi connectivity index (χ4n) is 2.16. The summed E-state index contributed by atoms with van der Waals surface area (Å²) in [7, 11) is 1.48. The van der Waals surface area contributed by atoms with Gasteiger partial charge < -0.3 is 19.3 Å². The number of carboxylic acid groups (broad SMARTS) is 1. The lowest BCUT2D eigenvalue weighted by molar-refractivity contribution is -0.149. The number of carbonyl (C=O) groups is 3. The number of carboxylic acids is 1. The molecule has 2 rings (SSSR count). The minimum absolute atomic E-state index is 0.143. The molecule has 1 saturated heterocycles. The molecular weight excluding hydrogens is 296 g/mol. The fourth-order valence-corrected chi connectivity index (χ4v) is 3.35. The molecule has 0 aliphatic carbocycles. The number of nitrogens with zero attached hydrogens (tertiary/aromatic N) is 2. The van der Waals surface area contributed by atoms with Crippen molar-refractivity contribution in [3.63, 3.8) is 0 Å². The Balaban J connectivity index is 2.03. The predicted octanol–water partition coefficient (Wildman–Crippen LogP) is 0.726. The van der Waals surface area contributed by atoms with Gasteiger partial charge >= 0.3 is 5.97 Å². The van der Waals surface area contributed by atoms with Crippen LogP contribution in [-0.4, -0.2) is 63.5 Å². The van der Waals surface area contributed by atoms with Crippen LogP contribution < -0.4 is 0 Å². The summed E-state index contributed by atoms with van der Waals surface area (Å²) >= 11 is 1.41. The molecule has 8 heteroatoms. The third-order valence-electron chi connectivity index (χ3n) is 3.25. The van der Waals surface area contributed by atoms with Crippen LogP contribution >= 0.6 is 11.8 Å². The van der Waals surface area contributed by atoms with Gasteiger partial charge in [0.15, 0.2) is 5.76 Å². The molecule has 1 aliphatic rings. The van der Waals surface area contributed by atoms with Gasteiger partial charge in [0.25, 0.3) is 5.91 Å². The van der Waals surface area contributed by atoms with Crippen molar-refractivity contribution < 1.29 is 23.9 Å². The summed E-state index contributed by atoms with van der Waals surface area (Å²) in [5.41, 5.74) is 0. The number of hydrogen-bond donors (Lipinski definition) is 1. The average Bonchev–Trinajstić information content (AvgIpc) is 3.06. The zero-order valence-corrected chi connectivity index (χ0v) is 12.5. The lowest BCUT2D eigenvalue weighted by atomic mass is 10.2. The van der Waals surface area contributed by atoms with E-state index < -0.39 is 17.9 Å². The number of amides is 2. The number of aliphatic carboxylic acids is 1. The molecular formula is C13H16N2O5S. The molecule has 1 fully saturated rings. The van der Waals surface area contributed by atoms with Crippen LogP contribution in [0.25, 0.3) is 0 Å². The normalized spacial score (nSPS) is 21.3. The molecule has 1 aromatic rings. The first-order valence-electron chi connectivity index (χ1n) is 6.36. The summed E-state index contributed by atoms with van der Waals surface area (Å²) in [6.07, 6.45) is 1.38. The second-order valence-corrected chi connectivity index (χ2v) is 6.08. The molecule has 0 radical (unpaired) electrons. The van der Waals surface area contributed by atoms with Crippen molar-refractivity contribution in [3.05, 3.63) is 24.2 Å². The van der Waals surface area contributed by atoms with Crippen LogP contribution in [0, 0.1) is 0 Å². The van der Waals surface area contributed by atoms with Gasteiger partial charge in [-0.1, -0.05) is 0 Å². The first-order chi connectivity index (χ1) is 9.91. The zero-order valence-electron chi connectivity index (χ0n) is 11.7. The highest BCUT2D eigenvalue weighted by molar-refractivity contribution is 8.00. The smallest absolute Gasteiger partial charge is 0.327 e. The summed E-state index contributed by atoms with van der Waals surface area (Å²) in [6, 6.07) is 2.25. The number of likely N-dealkylation sites (N-methyl/N-ethyl adjacent to an activating group) is 1. The maximum absolute atomic E-state index is 12.3. The molecule has 1 N–H and O–H groups in total. The van der Waals surface area contributed by atoms with E-state index in [1.54, 1.807) is 13.0 Å². The Hall–Kier alpha value is -1.96. The van der Waals surface area contributed by atoms with Crippen LogP contribution in [0.4, 0.5) is 0 Å². The fraction of sp³-hybridized carbons (Fsp3) is 0.462. The van der Waals surface area contributed by atoms with E-state index in [0.29, 0.717) is 5.75 Å².